The van der Waals surface area contributed by atoms with Gasteiger partial charge in [0.15, 0.2) is 0 Å². The van der Waals surface area contributed by atoms with E-state index in [-0.39, 0.29) is 6.03 Å². The number of carbonyl (C=O) groups excluding carboxylic acids is 1. The average Bonchev–Trinajstić information content (AvgIpc) is 3.12. The van der Waals surface area contributed by atoms with Crippen LogP contribution in [0.4, 0.5) is 10.5 Å². The zero-order chi connectivity index (χ0) is 12.3. The van der Waals surface area contributed by atoms with Gasteiger partial charge in [0.05, 0.1) is 0 Å². The van der Waals surface area contributed by atoms with E-state index in [1.165, 1.54) is 0 Å². The first-order chi connectivity index (χ1) is 8.22. The minimum Gasteiger partial charge on any atom is -0.398 e. The topological polar surface area (TPSA) is 58.4 Å². The van der Waals surface area contributed by atoms with Gasteiger partial charge in [0.2, 0.25) is 0 Å². The fourth-order valence-electron chi connectivity index (χ4n) is 1.87. The highest BCUT2D eigenvalue weighted by Gasteiger charge is 2.32. The second-order valence-corrected chi connectivity index (χ2v) is 4.39. The van der Waals surface area contributed by atoms with Gasteiger partial charge in [-0.1, -0.05) is 18.2 Å². The van der Waals surface area contributed by atoms with Crippen molar-refractivity contribution < 1.29 is 4.79 Å². The smallest absolute Gasteiger partial charge is 0.317 e. The van der Waals surface area contributed by atoms with Crippen molar-refractivity contribution in [1.82, 2.24) is 10.2 Å². The highest BCUT2D eigenvalue weighted by Crippen LogP contribution is 2.29. The normalized spacial score (nSPS) is 14.4. The summed E-state index contributed by atoms with van der Waals surface area (Å²) in [6, 6.07) is 8.11. The van der Waals surface area contributed by atoms with E-state index >= 15 is 0 Å². The molecule has 1 aliphatic rings. The van der Waals surface area contributed by atoms with Crippen molar-refractivity contribution in [2.24, 2.45) is 0 Å². The molecule has 0 atom stereocenters. The number of hydrogen-bond acceptors (Lipinski definition) is 2. The minimum absolute atomic E-state index is 0.0123. The zero-order valence-corrected chi connectivity index (χ0v) is 10.1. The van der Waals surface area contributed by atoms with Crippen molar-refractivity contribution in [1.29, 1.82) is 0 Å². The molecule has 0 heterocycles. The maximum absolute atomic E-state index is 11.9. The second-order valence-electron chi connectivity index (χ2n) is 4.39. The number of para-hydroxylation sites is 1. The van der Waals surface area contributed by atoms with Crippen LogP contribution in [0.3, 0.4) is 0 Å². The first kappa shape index (κ1) is 11.8. The van der Waals surface area contributed by atoms with Gasteiger partial charge < -0.3 is 16.0 Å². The predicted molar refractivity (Wildman–Crippen MR) is 68.5 cm³/mol. The summed E-state index contributed by atoms with van der Waals surface area (Å²) in [5, 5.41) is 2.85. The zero-order valence-electron chi connectivity index (χ0n) is 10.1. The maximum atomic E-state index is 11.9. The molecule has 0 bridgehead atoms. The molecule has 4 heteroatoms. The lowest BCUT2D eigenvalue weighted by atomic mass is 10.1. The van der Waals surface area contributed by atoms with E-state index < -0.39 is 0 Å². The summed E-state index contributed by atoms with van der Waals surface area (Å²) in [6.07, 6.45) is 2.20. The van der Waals surface area contributed by atoms with E-state index in [2.05, 4.69) is 5.32 Å². The summed E-state index contributed by atoms with van der Waals surface area (Å²) in [4.78, 5) is 13.8. The van der Waals surface area contributed by atoms with Gasteiger partial charge >= 0.3 is 6.03 Å². The molecule has 0 spiro atoms. The molecule has 1 aromatic carbocycles. The van der Waals surface area contributed by atoms with E-state index in [4.69, 9.17) is 5.73 Å². The Morgan fingerprint density at radius 2 is 2.18 bits per heavy atom. The van der Waals surface area contributed by atoms with Crippen LogP contribution >= 0.6 is 0 Å². The molecular formula is C13H19N3O. The maximum Gasteiger partial charge on any atom is 0.317 e. The SMILES string of the molecule is CCNC(=O)N(Cc1ccccc1N)C1CC1. The van der Waals surface area contributed by atoms with Crippen molar-refractivity contribution in [2.75, 3.05) is 12.3 Å². The van der Waals surface area contributed by atoms with Gasteiger partial charge in [-0.3, -0.25) is 0 Å². The lowest BCUT2D eigenvalue weighted by Crippen LogP contribution is -2.40. The monoisotopic (exact) mass is 233 g/mol. The standard InChI is InChI=1S/C13H19N3O/c1-2-15-13(17)16(11-7-8-11)9-10-5-3-4-6-12(10)14/h3-6,11H,2,7-9,14H2,1H3,(H,15,17). The molecule has 0 unspecified atom stereocenters. The van der Waals surface area contributed by atoms with E-state index in [0.717, 1.165) is 24.1 Å². The number of hydrogen-bond donors (Lipinski definition) is 2. The third kappa shape index (κ3) is 2.90. The fraction of sp³-hybridized carbons (Fsp3) is 0.462. The molecular weight excluding hydrogens is 214 g/mol. The highest BCUT2D eigenvalue weighted by atomic mass is 16.2. The molecule has 1 aliphatic carbocycles. The Morgan fingerprint density at radius 3 is 2.76 bits per heavy atom. The van der Waals surface area contributed by atoms with Crippen LogP contribution in [-0.4, -0.2) is 23.5 Å². The predicted octanol–water partition coefficient (Wildman–Crippen LogP) is 1.96. The van der Waals surface area contributed by atoms with Crippen LogP contribution in [0.15, 0.2) is 24.3 Å². The Morgan fingerprint density at radius 1 is 1.47 bits per heavy atom. The summed E-state index contributed by atoms with van der Waals surface area (Å²) < 4.78 is 0. The number of nitrogens with one attached hydrogen (secondary N) is 1. The average molecular weight is 233 g/mol. The van der Waals surface area contributed by atoms with Gasteiger partial charge in [-0.15, -0.1) is 0 Å². The first-order valence-corrected chi connectivity index (χ1v) is 6.10. The largest absolute Gasteiger partial charge is 0.398 e. The first-order valence-electron chi connectivity index (χ1n) is 6.10. The van der Waals surface area contributed by atoms with Crippen LogP contribution in [-0.2, 0) is 6.54 Å². The van der Waals surface area contributed by atoms with Crippen LogP contribution in [0.1, 0.15) is 25.3 Å². The van der Waals surface area contributed by atoms with E-state index in [1.54, 1.807) is 0 Å². The van der Waals surface area contributed by atoms with Gasteiger partial charge in [-0.2, -0.15) is 0 Å². The molecule has 17 heavy (non-hydrogen) atoms. The van der Waals surface area contributed by atoms with Gasteiger partial charge in [0, 0.05) is 24.8 Å². The molecule has 0 aliphatic heterocycles. The van der Waals surface area contributed by atoms with Crippen molar-refractivity contribution in [3.63, 3.8) is 0 Å². The fourth-order valence-corrected chi connectivity index (χ4v) is 1.87. The Balaban J connectivity index is 2.08. The van der Waals surface area contributed by atoms with Crippen molar-refractivity contribution >= 4 is 11.7 Å². The number of carbonyl (C=O) groups is 1. The molecule has 1 saturated carbocycles. The number of benzene rings is 1. The van der Waals surface area contributed by atoms with Crippen LogP contribution in [0.5, 0.6) is 0 Å². The third-order valence-electron chi connectivity index (χ3n) is 2.97. The Bertz CT molecular complexity index is 401. The Hall–Kier alpha value is -1.71. The number of nitrogen functional groups attached to an aromatic ring is 1. The quantitative estimate of drug-likeness (QED) is 0.781. The van der Waals surface area contributed by atoms with Gasteiger partial charge in [0.1, 0.15) is 0 Å². The molecule has 4 nitrogen and oxygen atoms in total. The molecule has 92 valence electrons. The van der Waals surface area contributed by atoms with Gasteiger partial charge in [-0.05, 0) is 31.4 Å². The molecule has 3 N–H and O–H groups in total. The number of nitrogens with zero attached hydrogens (tertiary/aromatic N) is 1. The molecule has 1 aromatic rings. The summed E-state index contributed by atoms with van der Waals surface area (Å²) in [7, 11) is 0. The number of nitrogens with two attached hydrogens (primary N) is 1. The second kappa shape index (κ2) is 5.08. The van der Waals surface area contributed by atoms with Crippen LogP contribution in [0.25, 0.3) is 0 Å². The number of anilines is 1. The summed E-state index contributed by atoms with van der Waals surface area (Å²) in [5.74, 6) is 0. The van der Waals surface area contributed by atoms with Crippen LogP contribution in [0.2, 0.25) is 0 Å². The summed E-state index contributed by atoms with van der Waals surface area (Å²) in [6.45, 7) is 3.19. The number of rotatable bonds is 4. The van der Waals surface area contributed by atoms with Crippen LogP contribution < -0.4 is 11.1 Å². The van der Waals surface area contributed by atoms with E-state index in [1.807, 2.05) is 36.1 Å². The molecule has 2 amide bonds. The molecule has 0 radical (unpaired) electrons. The highest BCUT2D eigenvalue weighted by molar-refractivity contribution is 5.75. The third-order valence-corrected chi connectivity index (χ3v) is 2.97. The van der Waals surface area contributed by atoms with Gasteiger partial charge in [0.25, 0.3) is 0 Å². The van der Waals surface area contributed by atoms with E-state index in [0.29, 0.717) is 19.1 Å². The minimum atomic E-state index is 0.0123. The summed E-state index contributed by atoms with van der Waals surface area (Å²) >= 11 is 0. The molecule has 0 aromatic heterocycles. The molecule has 0 saturated heterocycles. The summed E-state index contributed by atoms with van der Waals surface area (Å²) in [5.41, 5.74) is 7.68. The molecule has 2 rings (SSSR count). The van der Waals surface area contributed by atoms with Crippen LogP contribution in [0, 0.1) is 0 Å². The Kier molecular flexibility index (Phi) is 3.52. The van der Waals surface area contributed by atoms with Gasteiger partial charge in [-0.25, -0.2) is 4.79 Å². The van der Waals surface area contributed by atoms with Crippen molar-refractivity contribution in [3.8, 4) is 0 Å². The number of urea groups is 1. The molecule has 1 fully saturated rings. The number of amides is 2. The lowest BCUT2D eigenvalue weighted by Gasteiger charge is -2.23. The van der Waals surface area contributed by atoms with Crippen molar-refractivity contribution in [3.05, 3.63) is 29.8 Å². The Labute approximate surface area is 102 Å². The van der Waals surface area contributed by atoms with Crippen molar-refractivity contribution in [2.45, 2.75) is 32.4 Å². The van der Waals surface area contributed by atoms with E-state index in [9.17, 15) is 4.79 Å². The lowest BCUT2D eigenvalue weighted by molar-refractivity contribution is 0.192.